The summed E-state index contributed by atoms with van der Waals surface area (Å²) in [4.78, 5) is 4.28. The van der Waals surface area contributed by atoms with E-state index in [-0.39, 0.29) is 6.10 Å². The van der Waals surface area contributed by atoms with Gasteiger partial charge in [0.25, 0.3) is 0 Å². The summed E-state index contributed by atoms with van der Waals surface area (Å²) in [5.74, 6) is 0.929. The second-order valence-electron chi connectivity index (χ2n) is 4.79. The Labute approximate surface area is 111 Å². The molecular weight excluding hydrogens is 224 g/mol. The SMILES string of the molecule is CCCCCCC(C)Oc1ccnc(CNC)c1. The van der Waals surface area contributed by atoms with Crippen molar-refractivity contribution in [1.29, 1.82) is 0 Å². The average molecular weight is 250 g/mol. The second kappa shape index (κ2) is 8.92. The lowest BCUT2D eigenvalue weighted by Gasteiger charge is -2.15. The molecule has 0 aliphatic rings. The molecule has 1 heterocycles. The summed E-state index contributed by atoms with van der Waals surface area (Å²) in [5.41, 5.74) is 1.02. The quantitative estimate of drug-likeness (QED) is 0.681. The molecule has 0 aliphatic heterocycles. The topological polar surface area (TPSA) is 34.1 Å². The van der Waals surface area contributed by atoms with Crippen LogP contribution in [0, 0.1) is 0 Å². The fourth-order valence-corrected chi connectivity index (χ4v) is 1.96. The van der Waals surface area contributed by atoms with Gasteiger partial charge in [-0.3, -0.25) is 4.98 Å². The van der Waals surface area contributed by atoms with E-state index in [1.165, 1.54) is 25.7 Å². The molecular formula is C15H26N2O. The summed E-state index contributed by atoms with van der Waals surface area (Å²) < 4.78 is 5.91. The maximum absolute atomic E-state index is 5.91. The molecule has 1 aromatic heterocycles. The van der Waals surface area contributed by atoms with E-state index in [0.717, 1.165) is 24.4 Å². The molecule has 1 rings (SSSR count). The van der Waals surface area contributed by atoms with Crippen molar-refractivity contribution in [2.24, 2.45) is 0 Å². The van der Waals surface area contributed by atoms with Crippen molar-refractivity contribution >= 4 is 0 Å². The first-order valence-corrected chi connectivity index (χ1v) is 7.02. The van der Waals surface area contributed by atoms with E-state index in [9.17, 15) is 0 Å². The molecule has 0 spiro atoms. The lowest BCUT2D eigenvalue weighted by Crippen LogP contribution is -2.12. The molecule has 0 bridgehead atoms. The zero-order chi connectivity index (χ0) is 13.2. The number of unbranched alkanes of at least 4 members (excludes halogenated alkanes) is 3. The van der Waals surface area contributed by atoms with Crippen LogP contribution in [0.4, 0.5) is 0 Å². The van der Waals surface area contributed by atoms with Crippen LogP contribution in [0.1, 0.15) is 51.6 Å². The first-order chi connectivity index (χ1) is 8.76. The first kappa shape index (κ1) is 15.0. The van der Waals surface area contributed by atoms with Gasteiger partial charge in [-0.1, -0.05) is 26.2 Å². The maximum Gasteiger partial charge on any atom is 0.123 e. The molecule has 1 N–H and O–H groups in total. The largest absolute Gasteiger partial charge is 0.491 e. The average Bonchev–Trinajstić information content (AvgIpc) is 2.35. The molecule has 0 aromatic carbocycles. The minimum Gasteiger partial charge on any atom is -0.491 e. The zero-order valence-electron chi connectivity index (χ0n) is 11.9. The summed E-state index contributed by atoms with van der Waals surface area (Å²) >= 11 is 0. The normalized spacial score (nSPS) is 12.4. The number of hydrogen-bond acceptors (Lipinski definition) is 3. The summed E-state index contributed by atoms with van der Waals surface area (Å²) in [7, 11) is 1.92. The lowest BCUT2D eigenvalue weighted by molar-refractivity contribution is 0.206. The van der Waals surface area contributed by atoms with Gasteiger partial charge in [0.05, 0.1) is 11.8 Å². The van der Waals surface area contributed by atoms with Gasteiger partial charge in [0.1, 0.15) is 5.75 Å². The van der Waals surface area contributed by atoms with Gasteiger partial charge >= 0.3 is 0 Å². The molecule has 3 heteroatoms. The Morgan fingerprint density at radius 1 is 1.33 bits per heavy atom. The molecule has 0 aliphatic carbocycles. The number of pyridine rings is 1. The number of nitrogens with one attached hydrogen (secondary N) is 1. The van der Waals surface area contributed by atoms with Gasteiger partial charge in [0.2, 0.25) is 0 Å². The Morgan fingerprint density at radius 3 is 2.89 bits per heavy atom. The third-order valence-electron chi connectivity index (χ3n) is 2.95. The van der Waals surface area contributed by atoms with Crippen molar-refractivity contribution in [1.82, 2.24) is 10.3 Å². The van der Waals surface area contributed by atoms with Gasteiger partial charge < -0.3 is 10.1 Å². The summed E-state index contributed by atoms with van der Waals surface area (Å²) in [6.07, 6.45) is 8.40. The Balaban J connectivity index is 2.34. The van der Waals surface area contributed by atoms with Crippen LogP contribution in [0.5, 0.6) is 5.75 Å². The highest BCUT2D eigenvalue weighted by Crippen LogP contribution is 2.15. The number of aromatic nitrogens is 1. The van der Waals surface area contributed by atoms with E-state index in [1.807, 2.05) is 25.4 Å². The third kappa shape index (κ3) is 6.01. The third-order valence-corrected chi connectivity index (χ3v) is 2.95. The van der Waals surface area contributed by atoms with E-state index < -0.39 is 0 Å². The van der Waals surface area contributed by atoms with Crippen LogP contribution < -0.4 is 10.1 Å². The number of hydrogen-bond donors (Lipinski definition) is 1. The van der Waals surface area contributed by atoms with Crippen LogP contribution in [0.3, 0.4) is 0 Å². The predicted octanol–water partition coefficient (Wildman–Crippen LogP) is 3.54. The standard InChI is InChI=1S/C15H26N2O/c1-4-5-6-7-8-13(2)18-15-9-10-17-14(11-15)12-16-3/h9-11,13,16H,4-8,12H2,1-3H3. The van der Waals surface area contributed by atoms with Crippen molar-refractivity contribution in [2.75, 3.05) is 7.05 Å². The molecule has 0 saturated heterocycles. The van der Waals surface area contributed by atoms with Gasteiger partial charge in [-0.15, -0.1) is 0 Å². The van der Waals surface area contributed by atoms with Crippen LogP contribution in [0.15, 0.2) is 18.3 Å². The minimum absolute atomic E-state index is 0.284. The zero-order valence-corrected chi connectivity index (χ0v) is 11.9. The highest BCUT2D eigenvalue weighted by Gasteiger charge is 2.04. The predicted molar refractivity (Wildman–Crippen MR) is 75.8 cm³/mol. The highest BCUT2D eigenvalue weighted by molar-refractivity contribution is 5.22. The van der Waals surface area contributed by atoms with Crippen LogP contribution in [-0.2, 0) is 6.54 Å². The van der Waals surface area contributed by atoms with Crippen LogP contribution in [0.2, 0.25) is 0 Å². The molecule has 0 saturated carbocycles. The van der Waals surface area contributed by atoms with E-state index in [0.29, 0.717) is 0 Å². The summed E-state index contributed by atoms with van der Waals surface area (Å²) in [6.45, 7) is 5.16. The van der Waals surface area contributed by atoms with E-state index in [2.05, 4.69) is 24.1 Å². The van der Waals surface area contributed by atoms with Crippen LogP contribution in [-0.4, -0.2) is 18.1 Å². The molecule has 1 unspecified atom stereocenters. The maximum atomic E-state index is 5.91. The molecule has 1 aromatic rings. The van der Waals surface area contributed by atoms with Gasteiger partial charge in [0.15, 0.2) is 0 Å². The minimum atomic E-state index is 0.284. The lowest BCUT2D eigenvalue weighted by atomic mass is 10.1. The van der Waals surface area contributed by atoms with Gasteiger partial charge in [-0.05, 0) is 32.9 Å². The molecule has 0 fully saturated rings. The molecule has 1 atom stereocenters. The fraction of sp³-hybridized carbons (Fsp3) is 0.667. The van der Waals surface area contributed by atoms with E-state index in [4.69, 9.17) is 4.74 Å². The van der Waals surface area contributed by atoms with E-state index >= 15 is 0 Å². The Hall–Kier alpha value is -1.09. The van der Waals surface area contributed by atoms with Crippen molar-refractivity contribution in [3.8, 4) is 5.75 Å². The fourth-order valence-electron chi connectivity index (χ4n) is 1.96. The van der Waals surface area contributed by atoms with Crippen molar-refractivity contribution in [2.45, 2.75) is 58.6 Å². The molecule has 0 radical (unpaired) electrons. The highest BCUT2D eigenvalue weighted by atomic mass is 16.5. The second-order valence-corrected chi connectivity index (χ2v) is 4.79. The van der Waals surface area contributed by atoms with Crippen molar-refractivity contribution < 1.29 is 4.74 Å². The Bertz CT molecular complexity index is 328. The summed E-state index contributed by atoms with van der Waals surface area (Å²) in [6, 6.07) is 3.95. The number of rotatable bonds is 9. The Kier molecular flexibility index (Phi) is 7.42. The summed E-state index contributed by atoms with van der Waals surface area (Å²) in [5, 5.41) is 3.09. The van der Waals surface area contributed by atoms with Crippen molar-refractivity contribution in [3.05, 3.63) is 24.0 Å². The van der Waals surface area contributed by atoms with Gasteiger partial charge in [0, 0.05) is 18.8 Å². The van der Waals surface area contributed by atoms with Crippen molar-refractivity contribution in [3.63, 3.8) is 0 Å². The van der Waals surface area contributed by atoms with Gasteiger partial charge in [-0.25, -0.2) is 0 Å². The van der Waals surface area contributed by atoms with Crippen LogP contribution in [0.25, 0.3) is 0 Å². The molecule has 18 heavy (non-hydrogen) atoms. The smallest absolute Gasteiger partial charge is 0.123 e. The number of nitrogens with zero attached hydrogens (tertiary/aromatic N) is 1. The van der Waals surface area contributed by atoms with Crippen LogP contribution >= 0.6 is 0 Å². The Morgan fingerprint density at radius 2 is 2.17 bits per heavy atom. The van der Waals surface area contributed by atoms with Gasteiger partial charge in [-0.2, -0.15) is 0 Å². The molecule has 102 valence electrons. The first-order valence-electron chi connectivity index (χ1n) is 7.02. The molecule has 0 amide bonds. The number of ether oxygens (including phenoxy) is 1. The monoisotopic (exact) mass is 250 g/mol. The van der Waals surface area contributed by atoms with E-state index in [1.54, 1.807) is 0 Å². The molecule has 3 nitrogen and oxygen atoms in total.